The minimum atomic E-state index is 0.0667. The van der Waals surface area contributed by atoms with Gasteiger partial charge in [0.25, 0.3) is 5.89 Å². The first kappa shape index (κ1) is 16.9. The van der Waals surface area contributed by atoms with E-state index < -0.39 is 0 Å². The summed E-state index contributed by atoms with van der Waals surface area (Å²) in [5.41, 5.74) is 0. The summed E-state index contributed by atoms with van der Waals surface area (Å²) in [6.45, 7) is 6.33. The van der Waals surface area contributed by atoms with Gasteiger partial charge in [-0.2, -0.15) is 4.98 Å². The van der Waals surface area contributed by atoms with E-state index in [0.717, 1.165) is 25.9 Å². The van der Waals surface area contributed by atoms with Gasteiger partial charge in [0.1, 0.15) is 6.61 Å². The Hall–Kier alpha value is -1.47. The number of ether oxygens (including phenoxy) is 2. The third-order valence-corrected chi connectivity index (χ3v) is 3.70. The molecule has 0 aromatic carbocycles. The van der Waals surface area contributed by atoms with Gasteiger partial charge in [-0.05, 0) is 12.8 Å². The van der Waals surface area contributed by atoms with Crippen molar-refractivity contribution in [3.63, 3.8) is 0 Å². The predicted octanol–water partition coefficient (Wildman–Crippen LogP) is 1.42. The second-order valence-electron chi connectivity index (χ2n) is 5.84. The van der Waals surface area contributed by atoms with Crippen molar-refractivity contribution in [1.29, 1.82) is 0 Å². The highest BCUT2D eigenvalue weighted by Gasteiger charge is 2.24. The molecule has 22 heavy (non-hydrogen) atoms. The van der Waals surface area contributed by atoms with Gasteiger partial charge in [0.2, 0.25) is 5.91 Å². The van der Waals surface area contributed by atoms with Crippen molar-refractivity contribution in [2.75, 3.05) is 26.8 Å². The van der Waals surface area contributed by atoms with Gasteiger partial charge in [0.05, 0.1) is 12.7 Å². The van der Waals surface area contributed by atoms with Gasteiger partial charge in [-0.1, -0.05) is 19.0 Å². The molecule has 1 aromatic rings. The zero-order chi connectivity index (χ0) is 15.9. The summed E-state index contributed by atoms with van der Waals surface area (Å²) < 4.78 is 15.8. The molecule has 1 amide bonds. The normalized spacial score (nSPS) is 16.5. The van der Waals surface area contributed by atoms with Gasteiger partial charge < -0.3 is 18.9 Å². The number of hydrogen-bond acceptors (Lipinski definition) is 6. The van der Waals surface area contributed by atoms with Crippen molar-refractivity contribution in [2.24, 2.45) is 5.92 Å². The Labute approximate surface area is 131 Å². The Morgan fingerprint density at radius 3 is 2.77 bits per heavy atom. The maximum absolute atomic E-state index is 11.9. The lowest BCUT2D eigenvalue weighted by Gasteiger charge is -2.33. The van der Waals surface area contributed by atoms with Gasteiger partial charge in [0.15, 0.2) is 5.82 Å². The average Bonchev–Trinajstić information content (AvgIpc) is 2.95. The lowest BCUT2D eigenvalue weighted by atomic mass is 10.1. The number of nitrogens with zero attached hydrogens (tertiary/aromatic N) is 3. The number of methoxy groups -OCH3 is 1. The fourth-order valence-electron chi connectivity index (χ4n) is 2.50. The maximum atomic E-state index is 11.9. The van der Waals surface area contributed by atoms with Crippen LogP contribution in [0.15, 0.2) is 4.52 Å². The van der Waals surface area contributed by atoms with Crippen molar-refractivity contribution in [1.82, 2.24) is 15.0 Å². The number of likely N-dealkylation sites (tertiary alicyclic amines) is 1. The molecule has 1 aromatic heterocycles. The molecule has 2 heterocycles. The number of rotatable bonds is 7. The second kappa shape index (κ2) is 8.24. The summed E-state index contributed by atoms with van der Waals surface area (Å²) in [5, 5.41) is 3.87. The van der Waals surface area contributed by atoms with Crippen LogP contribution in [0.1, 0.15) is 38.4 Å². The zero-order valence-corrected chi connectivity index (χ0v) is 13.6. The molecule has 0 aliphatic carbocycles. The number of aromatic nitrogens is 2. The number of carbonyl (C=O) groups excluding carboxylic acids is 1. The fraction of sp³-hybridized carbons (Fsp3) is 0.800. The standard InChI is InChI=1S/C15H25N3O4/c1-11(2)15(19)18-7-4-12(5-8-18)21-9-6-13-16-14(10-20-3)22-17-13/h11-12H,4-10H2,1-3H3. The Morgan fingerprint density at radius 2 is 2.14 bits per heavy atom. The van der Waals surface area contributed by atoms with Crippen LogP contribution in [0.3, 0.4) is 0 Å². The molecule has 1 saturated heterocycles. The Kier molecular flexibility index (Phi) is 6.33. The van der Waals surface area contributed by atoms with E-state index in [1.165, 1.54) is 0 Å². The van der Waals surface area contributed by atoms with E-state index in [2.05, 4.69) is 10.1 Å². The average molecular weight is 311 g/mol. The predicted molar refractivity (Wildman–Crippen MR) is 79.1 cm³/mol. The third kappa shape index (κ3) is 4.78. The third-order valence-electron chi connectivity index (χ3n) is 3.70. The van der Waals surface area contributed by atoms with Gasteiger partial charge in [-0.3, -0.25) is 4.79 Å². The van der Waals surface area contributed by atoms with Gasteiger partial charge in [0, 0.05) is 32.5 Å². The summed E-state index contributed by atoms with van der Waals surface area (Å²) in [6, 6.07) is 0. The van der Waals surface area contributed by atoms with E-state index in [0.29, 0.717) is 31.3 Å². The number of piperidine rings is 1. The van der Waals surface area contributed by atoms with Crippen LogP contribution < -0.4 is 0 Å². The first-order valence-electron chi connectivity index (χ1n) is 7.81. The first-order chi connectivity index (χ1) is 10.6. The highest BCUT2D eigenvalue weighted by molar-refractivity contribution is 5.78. The molecule has 7 heteroatoms. The Morgan fingerprint density at radius 1 is 1.41 bits per heavy atom. The quantitative estimate of drug-likeness (QED) is 0.758. The van der Waals surface area contributed by atoms with Crippen molar-refractivity contribution >= 4 is 5.91 Å². The molecule has 0 radical (unpaired) electrons. The largest absolute Gasteiger partial charge is 0.378 e. The molecule has 2 rings (SSSR count). The summed E-state index contributed by atoms with van der Waals surface area (Å²) >= 11 is 0. The maximum Gasteiger partial charge on any atom is 0.252 e. The van der Waals surface area contributed by atoms with Crippen molar-refractivity contribution < 1.29 is 18.8 Å². The van der Waals surface area contributed by atoms with Gasteiger partial charge in [-0.15, -0.1) is 0 Å². The lowest BCUT2D eigenvalue weighted by Crippen LogP contribution is -2.42. The second-order valence-corrected chi connectivity index (χ2v) is 5.84. The first-order valence-corrected chi connectivity index (χ1v) is 7.81. The molecule has 0 saturated carbocycles. The molecule has 0 bridgehead atoms. The van der Waals surface area contributed by atoms with Gasteiger partial charge >= 0.3 is 0 Å². The molecule has 0 atom stereocenters. The molecule has 1 aliphatic heterocycles. The Bertz CT molecular complexity index is 467. The minimum Gasteiger partial charge on any atom is -0.378 e. The summed E-state index contributed by atoms with van der Waals surface area (Å²) in [7, 11) is 1.59. The van der Waals surface area contributed by atoms with Crippen LogP contribution in [-0.2, 0) is 27.3 Å². The number of amides is 1. The fourth-order valence-corrected chi connectivity index (χ4v) is 2.50. The minimum absolute atomic E-state index is 0.0667. The molecular formula is C15H25N3O4. The van der Waals surface area contributed by atoms with E-state index in [1.807, 2.05) is 18.7 Å². The molecular weight excluding hydrogens is 286 g/mol. The highest BCUT2D eigenvalue weighted by Crippen LogP contribution is 2.16. The zero-order valence-electron chi connectivity index (χ0n) is 13.6. The van der Waals surface area contributed by atoms with E-state index >= 15 is 0 Å². The number of carbonyl (C=O) groups is 1. The van der Waals surface area contributed by atoms with E-state index in [-0.39, 0.29) is 17.9 Å². The molecule has 1 aliphatic rings. The van der Waals surface area contributed by atoms with E-state index in [4.69, 9.17) is 14.0 Å². The molecule has 1 fully saturated rings. The van der Waals surface area contributed by atoms with Crippen LogP contribution in [0, 0.1) is 5.92 Å². The van der Waals surface area contributed by atoms with Crippen LogP contribution in [0.25, 0.3) is 0 Å². The number of hydrogen-bond donors (Lipinski definition) is 0. The summed E-state index contributed by atoms with van der Waals surface area (Å²) in [5.74, 6) is 1.42. The van der Waals surface area contributed by atoms with Gasteiger partial charge in [-0.25, -0.2) is 0 Å². The molecule has 0 unspecified atom stereocenters. The van der Waals surface area contributed by atoms with Crippen molar-refractivity contribution in [2.45, 2.75) is 45.8 Å². The molecule has 0 N–H and O–H groups in total. The van der Waals surface area contributed by atoms with Crippen LogP contribution >= 0.6 is 0 Å². The molecule has 7 nitrogen and oxygen atoms in total. The smallest absolute Gasteiger partial charge is 0.252 e. The Balaban J connectivity index is 1.65. The molecule has 124 valence electrons. The van der Waals surface area contributed by atoms with E-state index in [1.54, 1.807) is 7.11 Å². The highest BCUT2D eigenvalue weighted by atomic mass is 16.5. The van der Waals surface area contributed by atoms with Crippen LogP contribution in [-0.4, -0.2) is 53.9 Å². The topological polar surface area (TPSA) is 77.7 Å². The SMILES string of the molecule is COCc1nc(CCOC2CCN(C(=O)C(C)C)CC2)no1. The van der Waals surface area contributed by atoms with Crippen molar-refractivity contribution in [3.8, 4) is 0 Å². The van der Waals surface area contributed by atoms with E-state index in [9.17, 15) is 4.79 Å². The van der Waals surface area contributed by atoms with Crippen LogP contribution in [0.4, 0.5) is 0 Å². The lowest BCUT2D eigenvalue weighted by molar-refractivity contribution is -0.137. The van der Waals surface area contributed by atoms with Crippen LogP contribution in [0.5, 0.6) is 0 Å². The summed E-state index contributed by atoms with van der Waals surface area (Å²) in [4.78, 5) is 18.0. The molecule has 0 spiro atoms. The van der Waals surface area contributed by atoms with Crippen LogP contribution in [0.2, 0.25) is 0 Å². The van der Waals surface area contributed by atoms with Crippen molar-refractivity contribution in [3.05, 3.63) is 11.7 Å². The summed E-state index contributed by atoms with van der Waals surface area (Å²) in [6.07, 6.45) is 2.61. The monoisotopic (exact) mass is 311 g/mol.